The van der Waals surface area contributed by atoms with Crippen molar-refractivity contribution in [3.05, 3.63) is 0 Å². The molecule has 3 N–H and O–H groups in total. The first kappa shape index (κ1) is 11.9. The Bertz CT molecular complexity index is 69.9. The van der Waals surface area contributed by atoms with Crippen LogP contribution in [0, 0.1) is 5.41 Å². The predicted molar refractivity (Wildman–Crippen MR) is 41.8 cm³/mol. The Balaban J connectivity index is 0. The van der Waals surface area contributed by atoms with Gasteiger partial charge in [-0.2, -0.15) is 0 Å². The number of aliphatic hydroxyl groups excluding tert-OH is 1. The van der Waals surface area contributed by atoms with Gasteiger partial charge in [-0.15, -0.1) is 12.4 Å². The molecule has 2 nitrogen and oxygen atoms in total. The average Bonchev–Trinajstić information content (AvgIpc) is 1.62. The van der Waals surface area contributed by atoms with E-state index in [4.69, 9.17) is 10.8 Å². The van der Waals surface area contributed by atoms with Gasteiger partial charge in [-0.3, -0.25) is 0 Å². The van der Waals surface area contributed by atoms with Gasteiger partial charge in [0.2, 0.25) is 0 Å². The summed E-state index contributed by atoms with van der Waals surface area (Å²) in [7, 11) is 0. The molecule has 0 aliphatic carbocycles. The molecule has 0 bridgehead atoms. The number of hydrogen-bond acceptors (Lipinski definition) is 2. The Morgan fingerprint density at radius 2 is 1.78 bits per heavy atom. The van der Waals surface area contributed by atoms with Gasteiger partial charge in [0.05, 0.1) is 6.10 Å². The van der Waals surface area contributed by atoms with Gasteiger partial charge in [0, 0.05) is 6.54 Å². The maximum Gasteiger partial charge on any atom is 0.0710 e. The van der Waals surface area contributed by atoms with Crippen LogP contribution in [-0.4, -0.2) is 17.8 Å². The molecule has 0 aromatic carbocycles. The van der Waals surface area contributed by atoms with Crippen molar-refractivity contribution in [1.82, 2.24) is 0 Å². The van der Waals surface area contributed by atoms with Crippen molar-refractivity contribution in [2.75, 3.05) is 6.54 Å². The van der Waals surface area contributed by atoms with Crippen LogP contribution in [0.3, 0.4) is 0 Å². The van der Waals surface area contributed by atoms with Crippen LogP contribution in [0.25, 0.3) is 0 Å². The lowest BCUT2D eigenvalue weighted by atomic mass is 9.89. The van der Waals surface area contributed by atoms with Crippen molar-refractivity contribution in [1.29, 1.82) is 0 Å². The molecule has 0 aliphatic rings. The van der Waals surface area contributed by atoms with Crippen LogP contribution < -0.4 is 5.73 Å². The minimum absolute atomic E-state index is 0. The van der Waals surface area contributed by atoms with Crippen molar-refractivity contribution in [3.63, 3.8) is 0 Å². The van der Waals surface area contributed by atoms with Crippen molar-refractivity contribution in [2.24, 2.45) is 11.1 Å². The Labute approximate surface area is 62.9 Å². The van der Waals surface area contributed by atoms with Crippen LogP contribution in [0.2, 0.25) is 0 Å². The van der Waals surface area contributed by atoms with Gasteiger partial charge in [0.1, 0.15) is 0 Å². The fourth-order valence-electron chi connectivity index (χ4n) is 0.354. The zero-order valence-electron chi connectivity index (χ0n) is 6.22. The standard InChI is InChI=1S/C6H15NO.ClH/c1-6(2,3)5(8)4-7;/h5,8H,4,7H2,1-3H3;1H. The molecular weight excluding hydrogens is 138 g/mol. The van der Waals surface area contributed by atoms with Crippen molar-refractivity contribution in [3.8, 4) is 0 Å². The third-order valence-corrected chi connectivity index (χ3v) is 1.22. The third-order valence-electron chi connectivity index (χ3n) is 1.22. The average molecular weight is 154 g/mol. The van der Waals surface area contributed by atoms with E-state index in [2.05, 4.69) is 0 Å². The van der Waals surface area contributed by atoms with Gasteiger partial charge < -0.3 is 10.8 Å². The predicted octanol–water partition coefficient (Wildman–Crippen LogP) is 0.774. The summed E-state index contributed by atoms with van der Waals surface area (Å²) in [6, 6.07) is 0. The summed E-state index contributed by atoms with van der Waals surface area (Å²) in [6.07, 6.45) is -0.373. The first-order chi connectivity index (χ1) is 3.48. The molecule has 0 aromatic rings. The van der Waals surface area contributed by atoms with E-state index < -0.39 is 0 Å². The molecule has 58 valence electrons. The van der Waals surface area contributed by atoms with Gasteiger partial charge in [-0.05, 0) is 5.41 Å². The lowest BCUT2D eigenvalue weighted by Crippen LogP contribution is -2.33. The highest BCUT2D eigenvalue weighted by molar-refractivity contribution is 5.85. The summed E-state index contributed by atoms with van der Waals surface area (Å²) in [4.78, 5) is 0. The Morgan fingerprint density at radius 3 is 1.78 bits per heavy atom. The number of rotatable bonds is 1. The SMILES string of the molecule is CC(C)(C)C(O)CN.Cl. The maximum atomic E-state index is 9.07. The third kappa shape index (κ3) is 4.70. The van der Waals surface area contributed by atoms with E-state index >= 15 is 0 Å². The second-order valence-corrected chi connectivity index (χ2v) is 3.12. The van der Waals surface area contributed by atoms with E-state index in [0.29, 0.717) is 6.54 Å². The first-order valence-electron chi connectivity index (χ1n) is 2.86. The number of hydrogen-bond donors (Lipinski definition) is 2. The molecule has 9 heavy (non-hydrogen) atoms. The highest BCUT2D eigenvalue weighted by atomic mass is 35.5. The largest absolute Gasteiger partial charge is 0.391 e. The number of nitrogens with two attached hydrogens (primary N) is 1. The summed E-state index contributed by atoms with van der Waals surface area (Å²) < 4.78 is 0. The van der Waals surface area contributed by atoms with Crippen LogP contribution in [-0.2, 0) is 0 Å². The summed E-state index contributed by atoms with van der Waals surface area (Å²) in [5.74, 6) is 0. The topological polar surface area (TPSA) is 46.2 Å². The lowest BCUT2D eigenvalue weighted by molar-refractivity contribution is 0.0709. The van der Waals surface area contributed by atoms with Gasteiger partial charge in [0.25, 0.3) is 0 Å². The van der Waals surface area contributed by atoms with E-state index in [1.54, 1.807) is 0 Å². The summed E-state index contributed by atoms with van der Waals surface area (Å²) in [5.41, 5.74) is 5.15. The molecular formula is C6H16ClNO. The normalized spacial score (nSPS) is 14.3. The van der Waals surface area contributed by atoms with Crippen LogP contribution in [0.4, 0.5) is 0 Å². The fourth-order valence-corrected chi connectivity index (χ4v) is 0.354. The van der Waals surface area contributed by atoms with Crippen LogP contribution >= 0.6 is 12.4 Å². The van der Waals surface area contributed by atoms with E-state index in [9.17, 15) is 0 Å². The van der Waals surface area contributed by atoms with E-state index in [1.165, 1.54) is 0 Å². The molecule has 1 unspecified atom stereocenters. The lowest BCUT2D eigenvalue weighted by Gasteiger charge is -2.23. The first-order valence-corrected chi connectivity index (χ1v) is 2.86. The van der Waals surface area contributed by atoms with Gasteiger partial charge >= 0.3 is 0 Å². The van der Waals surface area contributed by atoms with Crippen molar-refractivity contribution >= 4 is 12.4 Å². The van der Waals surface area contributed by atoms with Gasteiger partial charge in [-0.1, -0.05) is 20.8 Å². The van der Waals surface area contributed by atoms with Crippen LogP contribution in [0.5, 0.6) is 0 Å². The molecule has 0 saturated carbocycles. The van der Waals surface area contributed by atoms with Crippen LogP contribution in [0.1, 0.15) is 20.8 Å². The quantitative estimate of drug-likeness (QED) is 0.585. The summed E-state index contributed by atoms with van der Waals surface area (Å²) in [6.45, 7) is 6.24. The number of aliphatic hydroxyl groups is 1. The van der Waals surface area contributed by atoms with E-state index in [0.717, 1.165) is 0 Å². The Kier molecular flexibility index (Phi) is 5.43. The summed E-state index contributed by atoms with van der Waals surface area (Å²) >= 11 is 0. The minimum Gasteiger partial charge on any atom is -0.391 e. The molecule has 0 spiro atoms. The highest BCUT2D eigenvalue weighted by Crippen LogP contribution is 2.17. The molecule has 0 aliphatic heterocycles. The fraction of sp³-hybridized carbons (Fsp3) is 1.00. The second kappa shape index (κ2) is 4.09. The summed E-state index contributed by atoms with van der Waals surface area (Å²) in [5, 5.41) is 9.07. The smallest absolute Gasteiger partial charge is 0.0710 e. The zero-order chi connectivity index (χ0) is 6.78. The molecule has 0 saturated heterocycles. The molecule has 0 aromatic heterocycles. The molecule has 0 amide bonds. The van der Waals surface area contributed by atoms with Gasteiger partial charge in [-0.25, -0.2) is 0 Å². The second-order valence-electron chi connectivity index (χ2n) is 3.12. The molecule has 1 atom stereocenters. The monoisotopic (exact) mass is 153 g/mol. The highest BCUT2D eigenvalue weighted by Gasteiger charge is 2.19. The minimum atomic E-state index is -0.373. The van der Waals surface area contributed by atoms with Crippen molar-refractivity contribution in [2.45, 2.75) is 26.9 Å². The molecule has 0 heterocycles. The molecule has 0 fully saturated rings. The molecule has 0 radical (unpaired) electrons. The zero-order valence-corrected chi connectivity index (χ0v) is 7.03. The van der Waals surface area contributed by atoms with E-state index in [1.807, 2.05) is 20.8 Å². The van der Waals surface area contributed by atoms with Gasteiger partial charge in [0.15, 0.2) is 0 Å². The van der Waals surface area contributed by atoms with Crippen molar-refractivity contribution < 1.29 is 5.11 Å². The maximum absolute atomic E-state index is 9.07. The Morgan fingerprint density at radius 1 is 1.44 bits per heavy atom. The number of halogens is 1. The van der Waals surface area contributed by atoms with Crippen LogP contribution in [0.15, 0.2) is 0 Å². The van der Waals surface area contributed by atoms with E-state index in [-0.39, 0.29) is 23.9 Å². The molecule has 0 rings (SSSR count). The Hall–Kier alpha value is 0.210. The molecule has 3 heteroatoms.